The van der Waals surface area contributed by atoms with Crippen LogP contribution in [0.15, 0.2) is 18.2 Å². The van der Waals surface area contributed by atoms with E-state index in [1.165, 1.54) is 20.3 Å². The van der Waals surface area contributed by atoms with E-state index in [-0.39, 0.29) is 12.4 Å². The minimum atomic E-state index is -0.654. The zero-order valence-electron chi connectivity index (χ0n) is 8.23. The second kappa shape index (κ2) is 4.95. The third-order valence-corrected chi connectivity index (χ3v) is 2.01. The number of hydrogen-bond acceptors (Lipinski definition) is 4. The second-order valence-electron chi connectivity index (χ2n) is 2.81. The van der Waals surface area contributed by atoms with Gasteiger partial charge in [0.1, 0.15) is 5.75 Å². The SMILES string of the molecule is COC(OC)c1c(O)cccc1CO. The Morgan fingerprint density at radius 2 is 1.93 bits per heavy atom. The molecule has 0 aliphatic heterocycles. The molecule has 0 fully saturated rings. The highest BCUT2D eigenvalue weighted by molar-refractivity contribution is 5.39. The number of aromatic hydroxyl groups is 1. The maximum Gasteiger partial charge on any atom is 0.187 e. The van der Waals surface area contributed by atoms with Crippen LogP contribution in [0.3, 0.4) is 0 Å². The fourth-order valence-corrected chi connectivity index (χ4v) is 1.34. The quantitative estimate of drug-likeness (QED) is 0.713. The molecule has 0 atom stereocenters. The number of rotatable bonds is 4. The molecule has 0 spiro atoms. The Balaban J connectivity index is 3.14. The number of aliphatic hydroxyl groups is 1. The van der Waals surface area contributed by atoms with Crippen molar-refractivity contribution >= 4 is 0 Å². The Bertz CT molecular complexity index is 294. The summed E-state index contributed by atoms with van der Waals surface area (Å²) in [6, 6.07) is 4.90. The summed E-state index contributed by atoms with van der Waals surface area (Å²) in [5, 5.41) is 18.6. The molecule has 0 aliphatic carbocycles. The Morgan fingerprint density at radius 3 is 2.43 bits per heavy atom. The summed E-state index contributed by atoms with van der Waals surface area (Å²) in [6.07, 6.45) is -0.654. The van der Waals surface area contributed by atoms with Gasteiger partial charge in [-0.25, -0.2) is 0 Å². The van der Waals surface area contributed by atoms with Crippen molar-refractivity contribution in [2.45, 2.75) is 12.9 Å². The monoisotopic (exact) mass is 198 g/mol. The highest BCUT2D eigenvalue weighted by Gasteiger charge is 2.17. The number of phenols is 1. The van der Waals surface area contributed by atoms with Crippen LogP contribution in [0.1, 0.15) is 17.4 Å². The molecule has 4 heteroatoms. The average Bonchev–Trinajstić information content (AvgIpc) is 2.22. The van der Waals surface area contributed by atoms with Gasteiger partial charge in [-0.1, -0.05) is 12.1 Å². The highest BCUT2D eigenvalue weighted by Crippen LogP contribution is 2.30. The van der Waals surface area contributed by atoms with Crippen LogP contribution in [0.5, 0.6) is 5.75 Å². The van der Waals surface area contributed by atoms with Gasteiger partial charge < -0.3 is 19.7 Å². The molecule has 0 radical (unpaired) electrons. The van der Waals surface area contributed by atoms with Gasteiger partial charge in [-0.3, -0.25) is 0 Å². The van der Waals surface area contributed by atoms with Gasteiger partial charge in [0.15, 0.2) is 6.29 Å². The molecule has 0 bridgehead atoms. The molecule has 14 heavy (non-hydrogen) atoms. The first-order valence-corrected chi connectivity index (χ1v) is 4.21. The van der Waals surface area contributed by atoms with E-state index in [2.05, 4.69) is 0 Å². The van der Waals surface area contributed by atoms with Crippen LogP contribution < -0.4 is 0 Å². The molecular weight excluding hydrogens is 184 g/mol. The molecule has 1 aromatic rings. The molecule has 0 saturated carbocycles. The number of ether oxygens (including phenoxy) is 2. The lowest BCUT2D eigenvalue weighted by atomic mass is 10.1. The first kappa shape index (κ1) is 11.0. The van der Waals surface area contributed by atoms with E-state index in [0.717, 1.165) is 0 Å². The van der Waals surface area contributed by atoms with Crippen molar-refractivity contribution in [3.8, 4) is 5.75 Å². The maximum absolute atomic E-state index is 9.58. The van der Waals surface area contributed by atoms with Crippen molar-refractivity contribution in [2.75, 3.05) is 14.2 Å². The van der Waals surface area contributed by atoms with Crippen molar-refractivity contribution in [1.29, 1.82) is 0 Å². The van der Waals surface area contributed by atoms with E-state index in [4.69, 9.17) is 14.6 Å². The molecular formula is C10H14O4. The van der Waals surface area contributed by atoms with E-state index in [1.54, 1.807) is 12.1 Å². The highest BCUT2D eigenvalue weighted by atomic mass is 16.7. The fourth-order valence-electron chi connectivity index (χ4n) is 1.34. The molecule has 78 valence electrons. The number of benzene rings is 1. The van der Waals surface area contributed by atoms with Crippen LogP contribution in [0, 0.1) is 0 Å². The normalized spacial score (nSPS) is 10.9. The molecule has 1 aromatic carbocycles. The van der Waals surface area contributed by atoms with Gasteiger partial charge in [0.25, 0.3) is 0 Å². The van der Waals surface area contributed by atoms with Gasteiger partial charge in [0.05, 0.1) is 12.2 Å². The smallest absolute Gasteiger partial charge is 0.187 e. The molecule has 0 saturated heterocycles. The number of hydrogen-bond donors (Lipinski definition) is 2. The molecule has 0 unspecified atom stereocenters. The number of phenolic OH excluding ortho intramolecular Hbond substituents is 1. The summed E-state index contributed by atoms with van der Waals surface area (Å²) in [5.74, 6) is 0.0604. The van der Waals surface area contributed by atoms with Crippen LogP contribution in [0.4, 0.5) is 0 Å². The Labute approximate surface area is 82.7 Å². The first-order chi connectivity index (χ1) is 6.74. The van der Waals surface area contributed by atoms with E-state index in [1.807, 2.05) is 0 Å². The van der Waals surface area contributed by atoms with E-state index in [9.17, 15) is 5.11 Å². The Hall–Kier alpha value is -1.10. The van der Waals surface area contributed by atoms with Crippen molar-refractivity contribution in [2.24, 2.45) is 0 Å². The number of aliphatic hydroxyl groups excluding tert-OH is 1. The fraction of sp³-hybridized carbons (Fsp3) is 0.400. The van der Waals surface area contributed by atoms with Crippen molar-refractivity contribution in [3.05, 3.63) is 29.3 Å². The minimum Gasteiger partial charge on any atom is -0.507 e. The van der Waals surface area contributed by atoms with Crippen molar-refractivity contribution in [3.63, 3.8) is 0 Å². The zero-order valence-corrected chi connectivity index (χ0v) is 8.23. The molecule has 0 aromatic heterocycles. The lowest BCUT2D eigenvalue weighted by Crippen LogP contribution is -2.07. The summed E-state index contributed by atoms with van der Waals surface area (Å²) in [6.45, 7) is -0.160. The van der Waals surface area contributed by atoms with E-state index >= 15 is 0 Å². The van der Waals surface area contributed by atoms with E-state index in [0.29, 0.717) is 11.1 Å². The molecule has 0 amide bonds. The van der Waals surface area contributed by atoms with E-state index < -0.39 is 6.29 Å². The summed E-state index contributed by atoms with van der Waals surface area (Å²) in [7, 11) is 2.95. The third-order valence-electron chi connectivity index (χ3n) is 2.01. The van der Waals surface area contributed by atoms with Crippen molar-refractivity contribution in [1.82, 2.24) is 0 Å². The zero-order chi connectivity index (χ0) is 10.6. The topological polar surface area (TPSA) is 58.9 Å². The van der Waals surface area contributed by atoms with Gasteiger partial charge >= 0.3 is 0 Å². The summed E-state index contributed by atoms with van der Waals surface area (Å²) in [4.78, 5) is 0. The minimum absolute atomic E-state index is 0.0604. The Morgan fingerprint density at radius 1 is 1.29 bits per heavy atom. The van der Waals surface area contributed by atoms with Gasteiger partial charge in [-0.05, 0) is 11.6 Å². The predicted octanol–water partition coefficient (Wildman–Crippen LogP) is 1.18. The van der Waals surface area contributed by atoms with Gasteiger partial charge in [0.2, 0.25) is 0 Å². The summed E-state index contributed by atoms with van der Waals surface area (Å²) < 4.78 is 10.0. The maximum atomic E-state index is 9.58. The van der Waals surface area contributed by atoms with Crippen LogP contribution in [0.25, 0.3) is 0 Å². The Kier molecular flexibility index (Phi) is 3.88. The third kappa shape index (κ3) is 2.04. The van der Waals surface area contributed by atoms with Crippen LogP contribution in [-0.2, 0) is 16.1 Å². The standard InChI is InChI=1S/C10H14O4/c1-13-10(14-2)9-7(6-11)4-3-5-8(9)12/h3-5,10-12H,6H2,1-2H3. The van der Waals surface area contributed by atoms with Crippen molar-refractivity contribution < 1.29 is 19.7 Å². The largest absolute Gasteiger partial charge is 0.507 e. The van der Waals surface area contributed by atoms with Gasteiger partial charge in [0, 0.05) is 14.2 Å². The lowest BCUT2D eigenvalue weighted by Gasteiger charge is -2.17. The van der Waals surface area contributed by atoms with Gasteiger partial charge in [-0.2, -0.15) is 0 Å². The lowest BCUT2D eigenvalue weighted by molar-refractivity contribution is -0.107. The first-order valence-electron chi connectivity index (χ1n) is 4.21. The van der Waals surface area contributed by atoms with Crippen LogP contribution in [-0.4, -0.2) is 24.4 Å². The summed E-state index contributed by atoms with van der Waals surface area (Å²) in [5.41, 5.74) is 1.07. The molecule has 2 N–H and O–H groups in total. The second-order valence-corrected chi connectivity index (χ2v) is 2.81. The van der Waals surface area contributed by atoms with Crippen LogP contribution >= 0.6 is 0 Å². The summed E-state index contributed by atoms with van der Waals surface area (Å²) >= 11 is 0. The average molecular weight is 198 g/mol. The molecule has 1 rings (SSSR count). The molecule has 0 aliphatic rings. The predicted molar refractivity (Wildman–Crippen MR) is 50.8 cm³/mol. The number of methoxy groups -OCH3 is 2. The molecule has 4 nitrogen and oxygen atoms in total. The van der Waals surface area contributed by atoms with Crippen LogP contribution in [0.2, 0.25) is 0 Å². The van der Waals surface area contributed by atoms with Gasteiger partial charge in [-0.15, -0.1) is 0 Å². The molecule has 0 heterocycles.